The van der Waals surface area contributed by atoms with Crippen LogP contribution in [-0.2, 0) is 0 Å². The van der Waals surface area contributed by atoms with Crippen molar-refractivity contribution in [2.45, 2.75) is 25.0 Å². The van der Waals surface area contributed by atoms with E-state index < -0.39 is 0 Å². The molecule has 1 amide bonds. The van der Waals surface area contributed by atoms with Gasteiger partial charge in [-0.3, -0.25) is 4.79 Å². The number of halogens is 1. The van der Waals surface area contributed by atoms with E-state index in [0.29, 0.717) is 23.4 Å². The second-order valence-corrected chi connectivity index (χ2v) is 6.21. The van der Waals surface area contributed by atoms with Gasteiger partial charge in [-0.2, -0.15) is 0 Å². The third-order valence-electron chi connectivity index (χ3n) is 4.95. The van der Waals surface area contributed by atoms with Crippen LogP contribution in [0.4, 0.5) is 0 Å². The number of carbonyl (C=O) groups excluding carboxylic acids is 1. The SMILES string of the molecule is O=C(c1cnc(Cl)cn1)N1CC2CC3CC2C1C3O. The summed E-state index contributed by atoms with van der Waals surface area (Å²) in [7, 11) is 0. The summed E-state index contributed by atoms with van der Waals surface area (Å²) >= 11 is 5.68. The zero-order valence-electron chi connectivity index (χ0n) is 10.2. The van der Waals surface area contributed by atoms with Crippen molar-refractivity contribution in [3.05, 3.63) is 23.2 Å². The van der Waals surface area contributed by atoms with Crippen molar-refractivity contribution in [1.29, 1.82) is 0 Å². The first-order valence-electron chi connectivity index (χ1n) is 6.61. The molecule has 5 atom stereocenters. The predicted molar refractivity (Wildman–Crippen MR) is 67.6 cm³/mol. The Bertz CT molecular complexity index is 533. The number of aliphatic hydroxyl groups is 1. The van der Waals surface area contributed by atoms with Gasteiger partial charge in [0.25, 0.3) is 5.91 Å². The Morgan fingerprint density at radius 3 is 2.84 bits per heavy atom. The minimum absolute atomic E-state index is 0.0197. The molecule has 5 nitrogen and oxygen atoms in total. The predicted octanol–water partition coefficient (Wildman–Crippen LogP) is 0.971. The van der Waals surface area contributed by atoms with Crippen molar-refractivity contribution >= 4 is 17.5 Å². The third kappa shape index (κ3) is 1.55. The number of hydrogen-bond donors (Lipinski definition) is 1. The Morgan fingerprint density at radius 1 is 1.32 bits per heavy atom. The number of likely N-dealkylation sites (tertiary alicyclic amines) is 1. The lowest BCUT2D eigenvalue weighted by Crippen LogP contribution is -2.44. The quantitative estimate of drug-likeness (QED) is 0.832. The van der Waals surface area contributed by atoms with Crippen LogP contribution >= 0.6 is 11.6 Å². The molecule has 2 heterocycles. The highest BCUT2D eigenvalue weighted by Gasteiger charge is 2.60. The van der Waals surface area contributed by atoms with Crippen LogP contribution in [-0.4, -0.2) is 44.6 Å². The van der Waals surface area contributed by atoms with Gasteiger partial charge in [0, 0.05) is 6.54 Å². The largest absolute Gasteiger partial charge is 0.391 e. The fourth-order valence-corrected chi connectivity index (χ4v) is 4.32. The van der Waals surface area contributed by atoms with Gasteiger partial charge in [-0.05, 0) is 30.6 Å². The Kier molecular flexibility index (Phi) is 2.38. The standard InChI is InChI=1S/C13H14ClN3O2/c14-10-4-15-9(3-16-10)13(19)17-5-7-1-6-2-8(7)11(17)12(6)18/h3-4,6-8,11-12,18H,1-2,5H2. The highest BCUT2D eigenvalue weighted by Crippen LogP contribution is 2.55. The van der Waals surface area contributed by atoms with Crippen molar-refractivity contribution in [2.75, 3.05) is 6.54 Å². The van der Waals surface area contributed by atoms with E-state index in [2.05, 4.69) is 9.97 Å². The Morgan fingerprint density at radius 2 is 2.16 bits per heavy atom. The van der Waals surface area contributed by atoms with Crippen LogP contribution in [0.5, 0.6) is 0 Å². The summed E-state index contributed by atoms with van der Waals surface area (Å²) < 4.78 is 0. The summed E-state index contributed by atoms with van der Waals surface area (Å²) in [5.41, 5.74) is 0.307. The summed E-state index contributed by atoms with van der Waals surface area (Å²) in [6, 6.07) is -0.0197. The average molecular weight is 280 g/mol. The molecule has 0 spiro atoms. The molecule has 2 saturated carbocycles. The van der Waals surface area contributed by atoms with Gasteiger partial charge in [0.05, 0.1) is 24.5 Å². The molecular weight excluding hydrogens is 266 g/mol. The molecule has 4 rings (SSSR count). The lowest BCUT2D eigenvalue weighted by molar-refractivity contribution is 0.0398. The highest BCUT2D eigenvalue weighted by atomic mass is 35.5. The number of rotatable bonds is 1. The van der Waals surface area contributed by atoms with Crippen LogP contribution in [0.2, 0.25) is 5.15 Å². The summed E-state index contributed by atoms with van der Waals surface area (Å²) in [5.74, 6) is 1.28. The van der Waals surface area contributed by atoms with Crippen LogP contribution in [0.15, 0.2) is 12.4 Å². The molecule has 1 saturated heterocycles. The summed E-state index contributed by atoms with van der Waals surface area (Å²) in [4.78, 5) is 22.2. The summed E-state index contributed by atoms with van der Waals surface area (Å²) in [6.07, 6.45) is 4.54. The smallest absolute Gasteiger partial charge is 0.274 e. The number of aromatic nitrogens is 2. The molecule has 1 N–H and O–H groups in total. The van der Waals surface area contributed by atoms with Crippen molar-refractivity contribution < 1.29 is 9.90 Å². The van der Waals surface area contributed by atoms with Crippen molar-refractivity contribution in [3.8, 4) is 0 Å². The average Bonchev–Trinajstić information content (AvgIpc) is 3.00. The first-order valence-corrected chi connectivity index (χ1v) is 6.99. The van der Waals surface area contributed by atoms with Gasteiger partial charge >= 0.3 is 0 Å². The number of nitrogens with zero attached hydrogens (tertiary/aromatic N) is 3. The molecule has 2 bridgehead atoms. The highest BCUT2D eigenvalue weighted by molar-refractivity contribution is 6.29. The summed E-state index contributed by atoms with van der Waals surface area (Å²) in [6.45, 7) is 0.742. The molecule has 19 heavy (non-hydrogen) atoms. The lowest BCUT2D eigenvalue weighted by Gasteiger charge is -2.28. The first kappa shape index (κ1) is 11.6. The van der Waals surface area contributed by atoms with E-state index in [1.807, 2.05) is 0 Å². The van der Waals surface area contributed by atoms with E-state index in [1.54, 1.807) is 4.90 Å². The van der Waals surface area contributed by atoms with E-state index in [1.165, 1.54) is 12.4 Å². The van der Waals surface area contributed by atoms with Gasteiger partial charge in [-0.15, -0.1) is 0 Å². The van der Waals surface area contributed by atoms with Crippen molar-refractivity contribution in [2.24, 2.45) is 17.8 Å². The number of fused-ring (bicyclic) bond motifs is 1. The molecular formula is C13H14ClN3O2. The number of hydrogen-bond acceptors (Lipinski definition) is 4. The molecule has 5 unspecified atom stereocenters. The van der Waals surface area contributed by atoms with Gasteiger partial charge in [0.15, 0.2) is 0 Å². The Hall–Kier alpha value is -1.20. The fraction of sp³-hybridized carbons (Fsp3) is 0.615. The van der Waals surface area contributed by atoms with Gasteiger partial charge in [0.1, 0.15) is 10.8 Å². The van der Waals surface area contributed by atoms with E-state index >= 15 is 0 Å². The second kappa shape index (κ2) is 3.90. The molecule has 6 heteroatoms. The van der Waals surface area contributed by atoms with Crippen LogP contribution in [0, 0.1) is 17.8 Å². The molecule has 0 radical (unpaired) electrons. The monoisotopic (exact) mass is 279 g/mol. The van der Waals surface area contributed by atoms with Crippen molar-refractivity contribution in [1.82, 2.24) is 14.9 Å². The molecule has 1 aromatic rings. The fourth-order valence-electron chi connectivity index (χ4n) is 4.22. The van der Waals surface area contributed by atoms with Crippen LogP contribution in [0.1, 0.15) is 23.3 Å². The minimum Gasteiger partial charge on any atom is -0.391 e. The third-order valence-corrected chi connectivity index (χ3v) is 5.14. The van der Waals surface area contributed by atoms with E-state index in [-0.39, 0.29) is 23.2 Å². The number of carbonyl (C=O) groups is 1. The molecule has 0 aromatic carbocycles. The van der Waals surface area contributed by atoms with Crippen molar-refractivity contribution in [3.63, 3.8) is 0 Å². The second-order valence-electron chi connectivity index (χ2n) is 5.82. The van der Waals surface area contributed by atoms with Gasteiger partial charge in [0.2, 0.25) is 0 Å². The molecule has 3 aliphatic rings. The number of aliphatic hydroxyl groups excluding tert-OH is 1. The molecule has 1 aliphatic heterocycles. The van der Waals surface area contributed by atoms with Gasteiger partial charge < -0.3 is 10.0 Å². The Balaban J connectivity index is 1.63. The number of amides is 1. The molecule has 3 fully saturated rings. The van der Waals surface area contributed by atoms with E-state index in [9.17, 15) is 9.90 Å². The van der Waals surface area contributed by atoms with E-state index in [0.717, 1.165) is 19.4 Å². The summed E-state index contributed by atoms with van der Waals surface area (Å²) in [5, 5.41) is 10.5. The topological polar surface area (TPSA) is 66.3 Å². The zero-order chi connectivity index (χ0) is 13.1. The molecule has 2 aliphatic carbocycles. The normalized spacial score (nSPS) is 39.1. The first-order chi connectivity index (χ1) is 9.15. The zero-order valence-corrected chi connectivity index (χ0v) is 11.0. The van der Waals surface area contributed by atoms with Crippen LogP contribution < -0.4 is 0 Å². The van der Waals surface area contributed by atoms with Crippen LogP contribution in [0.25, 0.3) is 0 Å². The maximum absolute atomic E-state index is 12.5. The molecule has 1 aromatic heterocycles. The van der Waals surface area contributed by atoms with E-state index in [4.69, 9.17) is 11.6 Å². The minimum atomic E-state index is -0.368. The maximum Gasteiger partial charge on any atom is 0.274 e. The Labute approximate surface area is 115 Å². The lowest BCUT2D eigenvalue weighted by atomic mass is 9.88. The maximum atomic E-state index is 12.5. The van der Waals surface area contributed by atoms with Gasteiger partial charge in [-0.1, -0.05) is 11.6 Å². The molecule has 100 valence electrons. The van der Waals surface area contributed by atoms with Crippen LogP contribution in [0.3, 0.4) is 0 Å². The van der Waals surface area contributed by atoms with Gasteiger partial charge in [-0.25, -0.2) is 9.97 Å².